The predicted molar refractivity (Wildman–Crippen MR) is 101 cm³/mol. The first-order chi connectivity index (χ1) is 12.6. The van der Waals surface area contributed by atoms with Crippen LogP contribution in [0.4, 0.5) is 5.69 Å². The molecule has 3 aromatic rings. The molecule has 0 radical (unpaired) electrons. The van der Waals surface area contributed by atoms with Gasteiger partial charge in [-0.25, -0.2) is 0 Å². The molecular formula is C19H19N3O3S. The highest BCUT2D eigenvalue weighted by atomic mass is 32.2. The van der Waals surface area contributed by atoms with Gasteiger partial charge in [0.05, 0.1) is 12.4 Å². The molecule has 0 saturated heterocycles. The van der Waals surface area contributed by atoms with E-state index >= 15 is 0 Å². The first kappa shape index (κ1) is 18.0. The Hall–Kier alpha value is -2.80. The van der Waals surface area contributed by atoms with Gasteiger partial charge in [-0.1, -0.05) is 29.5 Å². The molecule has 26 heavy (non-hydrogen) atoms. The van der Waals surface area contributed by atoms with Crippen LogP contribution in [0.2, 0.25) is 0 Å². The predicted octanol–water partition coefficient (Wildman–Crippen LogP) is 4.17. The molecule has 1 heterocycles. The molecule has 0 unspecified atom stereocenters. The number of hydrogen-bond acceptors (Lipinski definition) is 6. The number of nitrogens with zero attached hydrogens (tertiary/aromatic N) is 2. The van der Waals surface area contributed by atoms with Crippen LogP contribution in [-0.2, 0) is 4.79 Å². The number of carbonyl (C=O) groups excluding carboxylic acids is 1. The smallest absolute Gasteiger partial charge is 0.277 e. The normalized spacial score (nSPS) is 10.5. The Morgan fingerprint density at radius 1 is 1.12 bits per heavy atom. The van der Waals surface area contributed by atoms with Gasteiger partial charge in [0.25, 0.3) is 5.22 Å². The molecular weight excluding hydrogens is 350 g/mol. The number of carbonyl (C=O) groups is 1. The Morgan fingerprint density at radius 3 is 2.54 bits per heavy atom. The monoisotopic (exact) mass is 369 g/mol. The number of thioether (sulfide) groups is 1. The fourth-order valence-corrected chi connectivity index (χ4v) is 2.77. The second-order valence-electron chi connectivity index (χ2n) is 5.53. The first-order valence-electron chi connectivity index (χ1n) is 8.20. The summed E-state index contributed by atoms with van der Waals surface area (Å²) >= 11 is 1.20. The van der Waals surface area contributed by atoms with Crippen LogP contribution in [0.15, 0.2) is 58.2 Å². The van der Waals surface area contributed by atoms with E-state index in [1.54, 1.807) is 12.1 Å². The summed E-state index contributed by atoms with van der Waals surface area (Å²) < 4.78 is 11.0. The molecule has 1 N–H and O–H groups in total. The number of amides is 1. The van der Waals surface area contributed by atoms with Gasteiger partial charge in [0.2, 0.25) is 11.8 Å². The lowest BCUT2D eigenvalue weighted by atomic mass is 10.1. The summed E-state index contributed by atoms with van der Waals surface area (Å²) in [5, 5.41) is 11.2. The highest BCUT2D eigenvalue weighted by Gasteiger charge is 2.11. The van der Waals surface area contributed by atoms with E-state index in [0.717, 1.165) is 16.9 Å². The topological polar surface area (TPSA) is 77.2 Å². The summed E-state index contributed by atoms with van der Waals surface area (Å²) in [6.07, 6.45) is 0. The van der Waals surface area contributed by atoms with E-state index in [1.807, 2.05) is 50.2 Å². The van der Waals surface area contributed by atoms with Gasteiger partial charge in [0.1, 0.15) is 5.75 Å². The lowest BCUT2D eigenvalue weighted by Crippen LogP contribution is -2.13. The summed E-state index contributed by atoms with van der Waals surface area (Å²) in [5.74, 6) is 1.26. The number of rotatable bonds is 7. The van der Waals surface area contributed by atoms with Gasteiger partial charge >= 0.3 is 0 Å². The van der Waals surface area contributed by atoms with Crippen LogP contribution in [0.25, 0.3) is 11.5 Å². The maximum atomic E-state index is 12.1. The van der Waals surface area contributed by atoms with Gasteiger partial charge in [-0.3, -0.25) is 4.79 Å². The van der Waals surface area contributed by atoms with Crippen LogP contribution in [0.1, 0.15) is 12.5 Å². The number of benzene rings is 2. The van der Waals surface area contributed by atoms with Crippen LogP contribution >= 0.6 is 11.8 Å². The molecule has 0 atom stereocenters. The molecule has 6 nitrogen and oxygen atoms in total. The van der Waals surface area contributed by atoms with Gasteiger partial charge in [0, 0.05) is 11.3 Å². The molecule has 0 aliphatic heterocycles. The third-order valence-electron chi connectivity index (χ3n) is 3.48. The fourth-order valence-electron chi connectivity index (χ4n) is 2.21. The SMILES string of the molecule is CCOc1ccc(NC(=O)CSc2nnc(-c3ccc(C)cc3)o2)cc1. The van der Waals surface area contributed by atoms with Crippen LogP contribution in [0.3, 0.4) is 0 Å². The lowest BCUT2D eigenvalue weighted by Gasteiger charge is -2.06. The molecule has 2 aromatic carbocycles. The van der Waals surface area contributed by atoms with E-state index < -0.39 is 0 Å². The largest absolute Gasteiger partial charge is 0.494 e. The minimum absolute atomic E-state index is 0.144. The van der Waals surface area contributed by atoms with Crippen molar-refractivity contribution in [3.63, 3.8) is 0 Å². The Morgan fingerprint density at radius 2 is 1.85 bits per heavy atom. The Balaban J connectivity index is 1.52. The van der Waals surface area contributed by atoms with Crippen molar-refractivity contribution < 1.29 is 13.9 Å². The van der Waals surface area contributed by atoms with Crippen LogP contribution in [0, 0.1) is 6.92 Å². The molecule has 0 bridgehead atoms. The summed E-state index contributed by atoms with van der Waals surface area (Å²) in [7, 11) is 0. The lowest BCUT2D eigenvalue weighted by molar-refractivity contribution is -0.113. The minimum atomic E-state index is -0.144. The molecule has 7 heteroatoms. The molecule has 0 spiro atoms. The molecule has 1 aromatic heterocycles. The van der Waals surface area contributed by atoms with Gasteiger partial charge < -0.3 is 14.5 Å². The maximum Gasteiger partial charge on any atom is 0.277 e. The van der Waals surface area contributed by atoms with Crippen molar-refractivity contribution in [2.24, 2.45) is 0 Å². The van der Waals surface area contributed by atoms with Gasteiger partial charge in [-0.15, -0.1) is 10.2 Å². The number of anilines is 1. The highest BCUT2D eigenvalue weighted by Crippen LogP contribution is 2.23. The van der Waals surface area contributed by atoms with E-state index in [2.05, 4.69) is 15.5 Å². The van der Waals surface area contributed by atoms with Crippen LogP contribution in [-0.4, -0.2) is 28.5 Å². The molecule has 0 aliphatic rings. The average molecular weight is 369 g/mol. The summed E-state index contributed by atoms with van der Waals surface area (Å²) in [4.78, 5) is 12.1. The Kier molecular flexibility index (Phi) is 5.91. The highest BCUT2D eigenvalue weighted by molar-refractivity contribution is 7.99. The van der Waals surface area contributed by atoms with Crippen LogP contribution in [0.5, 0.6) is 5.75 Å². The number of nitrogens with one attached hydrogen (secondary N) is 1. The first-order valence-corrected chi connectivity index (χ1v) is 9.18. The van der Waals surface area contributed by atoms with E-state index in [-0.39, 0.29) is 11.7 Å². The third kappa shape index (κ3) is 4.86. The van der Waals surface area contributed by atoms with Gasteiger partial charge in [-0.2, -0.15) is 0 Å². The third-order valence-corrected chi connectivity index (χ3v) is 4.30. The molecule has 0 aliphatic carbocycles. The van der Waals surface area contributed by atoms with Crippen molar-refractivity contribution in [1.29, 1.82) is 0 Å². The number of hydrogen-bond donors (Lipinski definition) is 1. The van der Waals surface area contributed by atoms with Crippen molar-refractivity contribution in [3.05, 3.63) is 54.1 Å². The molecule has 0 saturated carbocycles. The van der Waals surface area contributed by atoms with E-state index in [9.17, 15) is 4.79 Å². The quantitative estimate of drug-likeness (QED) is 0.630. The molecule has 1 amide bonds. The zero-order valence-corrected chi connectivity index (χ0v) is 15.4. The van der Waals surface area contributed by atoms with Gasteiger partial charge in [-0.05, 0) is 50.2 Å². The fraction of sp³-hybridized carbons (Fsp3) is 0.211. The van der Waals surface area contributed by atoms with Gasteiger partial charge in [0.15, 0.2) is 0 Å². The van der Waals surface area contributed by atoms with Crippen molar-refractivity contribution in [2.45, 2.75) is 19.1 Å². The van der Waals surface area contributed by atoms with E-state index in [4.69, 9.17) is 9.15 Å². The standard InChI is InChI=1S/C19H19N3O3S/c1-3-24-16-10-8-15(9-11-16)20-17(23)12-26-19-22-21-18(25-19)14-6-4-13(2)5-7-14/h4-11H,3,12H2,1-2H3,(H,20,23). The second-order valence-corrected chi connectivity index (χ2v) is 6.46. The van der Waals surface area contributed by atoms with Crippen LogP contribution < -0.4 is 10.1 Å². The zero-order chi connectivity index (χ0) is 18.4. The van der Waals surface area contributed by atoms with Crippen molar-refractivity contribution >= 4 is 23.4 Å². The summed E-state index contributed by atoms with van der Waals surface area (Å²) in [5.41, 5.74) is 2.73. The second kappa shape index (κ2) is 8.53. The molecule has 0 fully saturated rings. The van der Waals surface area contributed by atoms with Crippen molar-refractivity contribution in [2.75, 3.05) is 17.7 Å². The summed E-state index contributed by atoms with van der Waals surface area (Å²) in [6, 6.07) is 15.1. The number of aryl methyl sites for hydroxylation is 1. The maximum absolute atomic E-state index is 12.1. The zero-order valence-electron chi connectivity index (χ0n) is 14.6. The summed E-state index contributed by atoms with van der Waals surface area (Å²) in [6.45, 7) is 4.55. The number of aromatic nitrogens is 2. The van der Waals surface area contributed by atoms with E-state index in [1.165, 1.54) is 11.8 Å². The van der Waals surface area contributed by atoms with Crippen molar-refractivity contribution in [3.8, 4) is 17.2 Å². The Labute approximate surface area is 156 Å². The minimum Gasteiger partial charge on any atom is -0.494 e. The van der Waals surface area contributed by atoms with E-state index in [0.29, 0.717) is 23.4 Å². The number of ether oxygens (including phenoxy) is 1. The Bertz CT molecular complexity index is 860. The van der Waals surface area contributed by atoms with Crippen molar-refractivity contribution in [1.82, 2.24) is 10.2 Å². The molecule has 134 valence electrons. The molecule has 3 rings (SSSR count). The average Bonchev–Trinajstić information content (AvgIpc) is 3.11.